The van der Waals surface area contributed by atoms with Crippen LogP contribution in [0.3, 0.4) is 0 Å². The van der Waals surface area contributed by atoms with Crippen LogP contribution in [0.2, 0.25) is 0 Å². The van der Waals surface area contributed by atoms with Gasteiger partial charge in [0.05, 0.1) is 12.0 Å². The molecule has 2 rings (SSSR count). The van der Waals surface area contributed by atoms with Crippen LogP contribution >= 0.6 is 12.4 Å². The molecule has 2 atom stereocenters. The second-order valence-electron chi connectivity index (χ2n) is 5.18. The maximum atomic E-state index is 13.8. The van der Waals surface area contributed by atoms with Gasteiger partial charge in [-0.1, -0.05) is 6.92 Å². The molecule has 0 spiro atoms. The van der Waals surface area contributed by atoms with Crippen molar-refractivity contribution >= 4 is 18.3 Å². The Balaban J connectivity index is 0.00000220. The smallest absolute Gasteiger partial charge is 0.224 e. The fourth-order valence-corrected chi connectivity index (χ4v) is 2.55. The molecule has 118 valence electrons. The summed E-state index contributed by atoms with van der Waals surface area (Å²) in [5.41, 5.74) is 0.213. The van der Waals surface area contributed by atoms with Gasteiger partial charge >= 0.3 is 0 Å². The minimum Gasteiger partial charge on any atom is -0.349 e. The van der Waals surface area contributed by atoms with E-state index in [-0.39, 0.29) is 29.8 Å². The minimum absolute atomic E-state index is 0. The van der Waals surface area contributed by atoms with Crippen molar-refractivity contribution in [2.75, 3.05) is 13.1 Å². The van der Waals surface area contributed by atoms with Crippen LogP contribution < -0.4 is 10.6 Å². The summed E-state index contributed by atoms with van der Waals surface area (Å²) in [4.78, 5) is 12.2. The van der Waals surface area contributed by atoms with Gasteiger partial charge in [0, 0.05) is 12.1 Å². The van der Waals surface area contributed by atoms with Crippen molar-refractivity contribution in [1.29, 1.82) is 0 Å². The third kappa shape index (κ3) is 4.64. The fraction of sp³-hybridized carbons (Fsp3) is 0.533. The molecular formula is C15H21ClF2N2O. The van der Waals surface area contributed by atoms with E-state index in [0.717, 1.165) is 37.6 Å². The number of rotatable bonds is 4. The number of piperidine rings is 1. The van der Waals surface area contributed by atoms with Crippen LogP contribution in [0.1, 0.15) is 37.8 Å². The molecular weight excluding hydrogens is 298 g/mol. The van der Waals surface area contributed by atoms with Gasteiger partial charge in [0.25, 0.3) is 0 Å². The van der Waals surface area contributed by atoms with Crippen LogP contribution in [0, 0.1) is 17.6 Å². The number of amides is 1. The molecule has 1 aliphatic heterocycles. The highest BCUT2D eigenvalue weighted by Gasteiger charge is 2.24. The molecule has 1 aliphatic rings. The first-order chi connectivity index (χ1) is 9.61. The maximum absolute atomic E-state index is 13.8. The number of hydrogen-bond donors (Lipinski definition) is 2. The molecule has 2 N–H and O–H groups in total. The van der Waals surface area contributed by atoms with Gasteiger partial charge in [-0.2, -0.15) is 0 Å². The lowest BCUT2D eigenvalue weighted by atomic mass is 9.97. The molecule has 0 aliphatic carbocycles. The Labute approximate surface area is 129 Å². The zero-order chi connectivity index (χ0) is 14.5. The van der Waals surface area contributed by atoms with Crippen molar-refractivity contribution in [3.8, 4) is 0 Å². The van der Waals surface area contributed by atoms with E-state index in [1.807, 2.05) is 6.92 Å². The zero-order valence-corrected chi connectivity index (χ0v) is 12.8. The van der Waals surface area contributed by atoms with E-state index in [0.29, 0.717) is 13.0 Å². The lowest BCUT2D eigenvalue weighted by molar-refractivity contribution is -0.126. The molecule has 1 fully saturated rings. The number of benzene rings is 1. The molecule has 0 saturated carbocycles. The summed E-state index contributed by atoms with van der Waals surface area (Å²) in [5, 5.41) is 6.01. The van der Waals surface area contributed by atoms with Crippen molar-refractivity contribution < 1.29 is 13.6 Å². The van der Waals surface area contributed by atoms with Gasteiger partial charge in [0.2, 0.25) is 5.91 Å². The largest absolute Gasteiger partial charge is 0.349 e. The van der Waals surface area contributed by atoms with Crippen LogP contribution in [-0.2, 0) is 4.79 Å². The van der Waals surface area contributed by atoms with Gasteiger partial charge in [-0.15, -0.1) is 12.4 Å². The average molecular weight is 319 g/mol. The van der Waals surface area contributed by atoms with E-state index < -0.39 is 17.7 Å². The third-order valence-corrected chi connectivity index (χ3v) is 3.73. The Morgan fingerprint density at radius 3 is 2.86 bits per heavy atom. The molecule has 21 heavy (non-hydrogen) atoms. The molecule has 1 aromatic carbocycles. The number of carbonyl (C=O) groups is 1. The minimum atomic E-state index is -0.492. The Kier molecular flexibility index (Phi) is 7.05. The van der Waals surface area contributed by atoms with E-state index in [1.165, 1.54) is 0 Å². The third-order valence-electron chi connectivity index (χ3n) is 3.73. The van der Waals surface area contributed by atoms with Crippen molar-refractivity contribution in [3.63, 3.8) is 0 Å². The van der Waals surface area contributed by atoms with E-state index in [4.69, 9.17) is 0 Å². The Bertz CT molecular complexity index is 479. The van der Waals surface area contributed by atoms with Gasteiger partial charge in [0.1, 0.15) is 11.6 Å². The molecule has 0 aromatic heterocycles. The summed E-state index contributed by atoms with van der Waals surface area (Å²) in [6.45, 7) is 3.42. The lowest BCUT2D eigenvalue weighted by Gasteiger charge is -2.25. The second kappa shape index (κ2) is 8.29. The summed E-state index contributed by atoms with van der Waals surface area (Å²) in [6, 6.07) is 2.85. The topological polar surface area (TPSA) is 41.1 Å². The molecule has 3 nitrogen and oxygen atoms in total. The summed E-state index contributed by atoms with van der Waals surface area (Å²) in [7, 11) is 0. The summed E-state index contributed by atoms with van der Waals surface area (Å²) >= 11 is 0. The Hall–Kier alpha value is -1.20. The lowest BCUT2D eigenvalue weighted by Crippen LogP contribution is -2.41. The molecule has 2 unspecified atom stereocenters. The predicted octanol–water partition coefficient (Wildman–Crippen LogP) is 2.95. The van der Waals surface area contributed by atoms with Crippen molar-refractivity contribution in [3.05, 3.63) is 35.4 Å². The van der Waals surface area contributed by atoms with Crippen LogP contribution in [0.25, 0.3) is 0 Å². The molecule has 0 bridgehead atoms. The van der Waals surface area contributed by atoms with Gasteiger partial charge in [-0.05, 0) is 44.0 Å². The second-order valence-corrected chi connectivity index (χ2v) is 5.18. The van der Waals surface area contributed by atoms with Crippen LogP contribution in [-0.4, -0.2) is 19.0 Å². The van der Waals surface area contributed by atoms with Gasteiger partial charge in [-0.3, -0.25) is 4.79 Å². The number of hydrogen-bond acceptors (Lipinski definition) is 2. The van der Waals surface area contributed by atoms with E-state index in [1.54, 1.807) is 0 Å². The Morgan fingerprint density at radius 1 is 1.48 bits per heavy atom. The average Bonchev–Trinajstić information content (AvgIpc) is 2.48. The number of carbonyl (C=O) groups excluding carboxylic acids is 1. The summed E-state index contributed by atoms with van der Waals surface area (Å²) < 4.78 is 27.0. The fourth-order valence-electron chi connectivity index (χ4n) is 2.55. The highest BCUT2D eigenvalue weighted by molar-refractivity contribution is 5.85. The summed E-state index contributed by atoms with van der Waals surface area (Å²) in [6.07, 6.45) is 2.32. The highest BCUT2D eigenvalue weighted by atomic mass is 35.5. The first-order valence-corrected chi connectivity index (χ1v) is 7.08. The van der Waals surface area contributed by atoms with E-state index in [9.17, 15) is 13.6 Å². The zero-order valence-electron chi connectivity index (χ0n) is 12.0. The van der Waals surface area contributed by atoms with Crippen LogP contribution in [0.4, 0.5) is 8.78 Å². The van der Waals surface area contributed by atoms with Gasteiger partial charge in [0.15, 0.2) is 0 Å². The molecule has 0 radical (unpaired) electrons. The summed E-state index contributed by atoms with van der Waals surface area (Å²) in [5.74, 6) is -1.16. The van der Waals surface area contributed by atoms with Crippen LogP contribution in [0.15, 0.2) is 18.2 Å². The first kappa shape index (κ1) is 17.9. The van der Waals surface area contributed by atoms with E-state index >= 15 is 0 Å². The monoisotopic (exact) mass is 318 g/mol. The molecule has 6 heteroatoms. The van der Waals surface area contributed by atoms with Crippen molar-refractivity contribution in [2.24, 2.45) is 5.92 Å². The van der Waals surface area contributed by atoms with Crippen molar-refractivity contribution in [2.45, 2.75) is 32.2 Å². The number of nitrogens with one attached hydrogen (secondary N) is 2. The molecule has 1 heterocycles. The standard InChI is InChI=1S/C15H20F2N2O.ClH/c1-2-14(12-8-11(16)5-6-13(12)17)19-15(20)10-4-3-7-18-9-10;/h5-6,8,10,14,18H,2-4,7,9H2,1H3,(H,19,20);1H. The van der Waals surface area contributed by atoms with E-state index in [2.05, 4.69) is 10.6 Å². The molecule has 1 aromatic rings. The van der Waals surface area contributed by atoms with Crippen LogP contribution in [0.5, 0.6) is 0 Å². The number of halogens is 3. The SMILES string of the molecule is CCC(NC(=O)C1CCCNC1)c1cc(F)ccc1F.Cl. The highest BCUT2D eigenvalue weighted by Crippen LogP contribution is 2.22. The normalized spacial score (nSPS) is 19.5. The van der Waals surface area contributed by atoms with Gasteiger partial charge < -0.3 is 10.6 Å². The first-order valence-electron chi connectivity index (χ1n) is 7.08. The quantitative estimate of drug-likeness (QED) is 0.896. The maximum Gasteiger partial charge on any atom is 0.224 e. The Morgan fingerprint density at radius 2 is 2.24 bits per heavy atom. The van der Waals surface area contributed by atoms with Crippen molar-refractivity contribution in [1.82, 2.24) is 10.6 Å². The van der Waals surface area contributed by atoms with Gasteiger partial charge in [-0.25, -0.2) is 8.78 Å². The molecule has 1 saturated heterocycles. The molecule has 1 amide bonds. The predicted molar refractivity (Wildman–Crippen MR) is 80.4 cm³/mol.